The van der Waals surface area contributed by atoms with Crippen LogP contribution in [0.4, 0.5) is 5.69 Å². The molecule has 1 aliphatic carbocycles. The second kappa shape index (κ2) is 5.13. The molecule has 2 aliphatic heterocycles. The van der Waals surface area contributed by atoms with Crippen LogP contribution in [0.2, 0.25) is 0 Å². The molecule has 1 saturated heterocycles. The SMILES string of the molecule is O=C(C1CCC1)N1CCC2(CC1)Nc1ccccc1-n1cccc12. The average Bonchev–Trinajstić information content (AvgIpc) is 3.05. The summed E-state index contributed by atoms with van der Waals surface area (Å²) in [4.78, 5) is 14.6. The fraction of sp³-hybridized carbons (Fsp3) is 0.450. The van der Waals surface area contributed by atoms with Gasteiger partial charge in [-0.05, 0) is 49.9 Å². The van der Waals surface area contributed by atoms with E-state index in [4.69, 9.17) is 0 Å². The van der Waals surface area contributed by atoms with Crippen LogP contribution in [0.15, 0.2) is 42.6 Å². The van der Waals surface area contributed by atoms with Gasteiger partial charge in [0.05, 0.1) is 16.9 Å². The lowest BCUT2D eigenvalue weighted by Gasteiger charge is -2.47. The third kappa shape index (κ3) is 1.95. The van der Waals surface area contributed by atoms with E-state index in [1.54, 1.807) is 0 Å². The molecule has 4 heteroatoms. The van der Waals surface area contributed by atoms with Gasteiger partial charge < -0.3 is 14.8 Å². The van der Waals surface area contributed by atoms with Crippen LogP contribution >= 0.6 is 0 Å². The summed E-state index contributed by atoms with van der Waals surface area (Å²) in [6.07, 6.45) is 7.51. The zero-order valence-electron chi connectivity index (χ0n) is 13.9. The quantitative estimate of drug-likeness (QED) is 0.872. The Labute approximate surface area is 142 Å². The second-order valence-corrected chi connectivity index (χ2v) is 7.44. The van der Waals surface area contributed by atoms with Gasteiger partial charge in [-0.25, -0.2) is 0 Å². The standard InChI is InChI=1S/C20H23N3O/c24-19(15-5-3-6-15)22-13-10-20(11-14-22)18-9-4-12-23(18)17-8-2-1-7-16(17)21-20/h1-2,4,7-9,12,15,21H,3,5-6,10-11,13-14H2. The molecule has 1 aromatic heterocycles. The van der Waals surface area contributed by atoms with Crippen molar-refractivity contribution < 1.29 is 4.79 Å². The molecule has 2 aromatic rings. The Balaban J connectivity index is 1.43. The fourth-order valence-electron chi connectivity index (χ4n) is 4.50. The van der Waals surface area contributed by atoms with Crippen molar-refractivity contribution in [2.45, 2.75) is 37.6 Å². The number of likely N-dealkylation sites (tertiary alicyclic amines) is 1. The molecule has 1 aromatic carbocycles. The van der Waals surface area contributed by atoms with Crippen LogP contribution in [0.1, 0.15) is 37.8 Å². The molecule has 4 nitrogen and oxygen atoms in total. The van der Waals surface area contributed by atoms with E-state index in [1.807, 2.05) is 0 Å². The van der Waals surface area contributed by atoms with Crippen molar-refractivity contribution >= 4 is 11.6 Å². The van der Waals surface area contributed by atoms with E-state index in [9.17, 15) is 4.79 Å². The molecule has 1 amide bonds. The molecule has 124 valence electrons. The number of aromatic nitrogens is 1. The monoisotopic (exact) mass is 321 g/mol. The van der Waals surface area contributed by atoms with Gasteiger partial charge in [0.25, 0.3) is 0 Å². The number of nitrogens with one attached hydrogen (secondary N) is 1. The third-order valence-corrected chi connectivity index (χ3v) is 6.16. The van der Waals surface area contributed by atoms with E-state index in [1.165, 1.54) is 23.5 Å². The van der Waals surface area contributed by atoms with Crippen molar-refractivity contribution in [2.24, 2.45) is 5.92 Å². The van der Waals surface area contributed by atoms with E-state index in [0.29, 0.717) is 11.8 Å². The van der Waals surface area contributed by atoms with Crippen molar-refractivity contribution in [3.8, 4) is 5.69 Å². The molecule has 0 radical (unpaired) electrons. The molecule has 0 bridgehead atoms. The Bertz CT molecular complexity index is 782. The number of hydrogen-bond acceptors (Lipinski definition) is 2. The summed E-state index contributed by atoms with van der Waals surface area (Å²) in [6, 6.07) is 12.9. The van der Waals surface area contributed by atoms with Gasteiger partial charge in [-0.3, -0.25) is 4.79 Å². The Kier molecular flexibility index (Phi) is 3.02. The van der Waals surface area contributed by atoms with Gasteiger partial charge in [-0.2, -0.15) is 0 Å². The van der Waals surface area contributed by atoms with Gasteiger partial charge in [0.15, 0.2) is 0 Å². The lowest BCUT2D eigenvalue weighted by Crippen LogP contribution is -2.52. The highest BCUT2D eigenvalue weighted by atomic mass is 16.2. The normalized spacial score (nSPS) is 21.6. The Hall–Kier alpha value is -2.23. The summed E-state index contributed by atoms with van der Waals surface area (Å²) >= 11 is 0. The van der Waals surface area contributed by atoms with Crippen LogP contribution in [0.25, 0.3) is 5.69 Å². The van der Waals surface area contributed by atoms with Gasteiger partial charge in [0.1, 0.15) is 0 Å². The van der Waals surface area contributed by atoms with Crippen molar-refractivity contribution in [2.75, 3.05) is 18.4 Å². The Morgan fingerprint density at radius 1 is 1.08 bits per heavy atom. The van der Waals surface area contributed by atoms with Gasteiger partial charge in [0, 0.05) is 30.9 Å². The number of piperidine rings is 1. The number of amides is 1. The van der Waals surface area contributed by atoms with Crippen LogP contribution in [-0.4, -0.2) is 28.5 Å². The molecular weight excluding hydrogens is 298 g/mol. The summed E-state index contributed by atoms with van der Waals surface area (Å²) in [5, 5.41) is 3.81. The van der Waals surface area contributed by atoms with Crippen LogP contribution in [0.3, 0.4) is 0 Å². The van der Waals surface area contributed by atoms with Crippen LogP contribution < -0.4 is 5.32 Å². The number of carbonyl (C=O) groups is 1. The number of benzene rings is 1. The highest BCUT2D eigenvalue weighted by Crippen LogP contribution is 2.43. The molecule has 0 unspecified atom stereocenters. The number of rotatable bonds is 1. The van der Waals surface area contributed by atoms with E-state index < -0.39 is 0 Å². The van der Waals surface area contributed by atoms with E-state index in [0.717, 1.165) is 38.8 Å². The van der Waals surface area contributed by atoms with Crippen LogP contribution in [0.5, 0.6) is 0 Å². The minimum absolute atomic E-state index is 0.0474. The number of hydrogen-bond donors (Lipinski definition) is 1. The number of nitrogens with zero attached hydrogens (tertiary/aromatic N) is 2. The minimum Gasteiger partial charge on any atom is -0.372 e. The number of para-hydroxylation sites is 2. The Morgan fingerprint density at radius 2 is 1.88 bits per heavy atom. The molecule has 3 heterocycles. The summed E-state index contributed by atoms with van der Waals surface area (Å²) in [5.41, 5.74) is 3.70. The molecule has 1 spiro atoms. The third-order valence-electron chi connectivity index (χ3n) is 6.16. The highest BCUT2D eigenvalue weighted by Gasteiger charge is 2.43. The van der Waals surface area contributed by atoms with Crippen molar-refractivity contribution in [1.82, 2.24) is 9.47 Å². The highest BCUT2D eigenvalue weighted by molar-refractivity contribution is 5.80. The first-order chi connectivity index (χ1) is 11.8. The smallest absolute Gasteiger partial charge is 0.225 e. The molecule has 1 saturated carbocycles. The summed E-state index contributed by atoms with van der Waals surface area (Å²) in [5.74, 6) is 0.700. The lowest BCUT2D eigenvalue weighted by atomic mass is 9.80. The molecule has 5 rings (SSSR count). The van der Waals surface area contributed by atoms with E-state index in [-0.39, 0.29) is 5.54 Å². The van der Waals surface area contributed by atoms with Crippen molar-refractivity contribution in [1.29, 1.82) is 0 Å². The molecule has 0 atom stereocenters. The summed E-state index contributed by atoms with van der Waals surface area (Å²) < 4.78 is 2.31. The van der Waals surface area contributed by atoms with Crippen molar-refractivity contribution in [3.05, 3.63) is 48.3 Å². The van der Waals surface area contributed by atoms with Gasteiger partial charge >= 0.3 is 0 Å². The zero-order valence-corrected chi connectivity index (χ0v) is 13.9. The van der Waals surface area contributed by atoms with Gasteiger partial charge in [-0.1, -0.05) is 18.6 Å². The van der Waals surface area contributed by atoms with Crippen LogP contribution in [0, 0.1) is 5.92 Å². The molecule has 24 heavy (non-hydrogen) atoms. The first kappa shape index (κ1) is 14.1. The predicted molar refractivity (Wildman–Crippen MR) is 94.2 cm³/mol. The first-order valence-corrected chi connectivity index (χ1v) is 9.11. The lowest BCUT2D eigenvalue weighted by molar-refractivity contribution is -0.139. The first-order valence-electron chi connectivity index (χ1n) is 9.11. The molecule has 3 aliphatic rings. The maximum atomic E-state index is 12.5. The largest absolute Gasteiger partial charge is 0.372 e. The van der Waals surface area contributed by atoms with E-state index in [2.05, 4.69) is 57.4 Å². The minimum atomic E-state index is -0.0474. The Morgan fingerprint density at radius 3 is 2.62 bits per heavy atom. The fourth-order valence-corrected chi connectivity index (χ4v) is 4.50. The van der Waals surface area contributed by atoms with Crippen molar-refractivity contribution in [3.63, 3.8) is 0 Å². The molecule has 2 fully saturated rings. The topological polar surface area (TPSA) is 37.3 Å². The van der Waals surface area contributed by atoms with Gasteiger partial charge in [-0.15, -0.1) is 0 Å². The average molecular weight is 321 g/mol. The maximum Gasteiger partial charge on any atom is 0.225 e. The number of carbonyl (C=O) groups excluding carboxylic acids is 1. The molecule has 1 N–H and O–H groups in total. The molecular formula is C20H23N3O. The predicted octanol–water partition coefficient (Wildman–Crippen LogP) is 3.52. The summed E-state index contributed by atoms with van der Waals surface area (Å²) in [6.45, 7) is 1.71. The maximum absolute atomic E-state index is 12.5. The van der Waals surface area contributed by atoms with Crippen LogP contribution in [-0.2, 0) is 10.3 Å². The second-order valence-electron chi connectivity index (χ2n) is 7.44. The number of anilines is 1. The van der Waals surface area contributed by atoms with E-state index >= 15 is 0 Å². The van der Waals surface area contributed by atoms with Gasteiger partial charge in [0.2, 0.25) is 5.91 Å². The summed E-state index contributed by atoms with van der Waals surface area (Å²) in [7, 11) is 0. The number of fused-ring (bicyclic) bond motifs is 4. The zero-order chi connectivity index (χ0) is 16.1.